The molecule has 0 saturated carbocycles. The average Bonchev–Trinajstić information content (AvgIpc) is 3.25. The monoisotopic (exact) mass is 535 g/mol. The summed E-state index contributed by atoms with van der Waals surface area (Å²) >= 11 is 6.20. The molecule has 0 radical (unpaired) electrons. The van der Waals surface area contributed by atoms with Crippen molar-refractivity contribution in [2.24, 2.45) is 0 Å². The molecule has 37 heavy (non-hydrogen) atoms. The zero-order valence-corrected chi connectivity index (χ0v) is 21.3. The van der Waals surface area contributed by atoms with E-state index in [0.717, 1.165) is 10.8 Å². The lowest BCUT2D eigenvalue weighted by Gasteiger charge is -2.11. The van der Waals surface area contributed by atoms with Crippen molar-refractivity contribution in [2.75, 3.05) is 18.5 Å². The minimum Gasteiger partial charge on any atom is -0.465 e. The van der Waals surface area contributed by atoms with Crippen molar-refractivity contribution in [3.63, 3.8) is 0 Å². The summed E-state index contributed by atoms with van der Waals surface area (Å²) in [7, 11) is -4.09. The lowest BCUT2D eigenvalue weighted by molar-refractivity contribution is -0.140. The summed E-state index contributed by atoms with van der Waals surface area (Å²) in [5.74, 6) is 0.196. The highest BCUT2D eigenvalue weighted by Gasteiger charge is 2.20. The third-order valence-electron chi connectivity index (χ3n) is 5.61. The van der Waals surface area contributed by atoms with E-state index in [0.29, 0.717) is 27.7 Å². The second-order valence-corrected chi connectivity index (χ2v) is 10.1. The number of hydrogen-bond donors (Lipinski definition) is 1. The molecule has 0 aliphatic heterocycles. The summed E-state index contributed by atoms with van der Waals surface area (Å²) in [4.78, 5) is 16.7. The Labute approximate surface area is 218 Å². The van der Waals surface area contributed by atoms with E-state index in [4.69, 9.17) is 20.5 Å². The molecule has 1 N–H and O–H groups in total. The average molecular weight is 536 g/mol. The Morgan fingerprint density at radius 3 is 2.62 bits per heavy atom. The van der Waals surface area contributed by atoms with Crippen molar-refractivity contribution in [1.82, 2.24) is 9.38 Å². The molecule has 0 aliphatic carbocycles. The van der Waals surface area contributed by atoms with Crippen LogP contribution in [0, 0.1) is 0 Å². The second-order valence-electron chi connectivity index (χ2n) is 8.12. The third kappa shape index (κ3) is 5.23. The normalized spacial score (nSPS) is 11.5. The van der Waals surface area contributed by atoms with E-state index >= 15 is 0 Å². The van der Waals surface area contributed by atoms with E-state index in [9.17, 15) is 13.2 Å². The van der Waals surface area contributed by atoms with E-state index in [1.165, 1.54) is 6.07 Å². The molecule has 2 aromatic heterocycles. The molecule has 3 aromatic carbocycles. The van der Waals surface area contributed by atoms with Gasteiger partial charge in [-0.25, -0.2) is 4.98 Å². The Balaban J connectivity index is 1.49. The highest BCUT2D eigenvalue weighted by molar-refractivity contribution is 7.87. The standard InChI is InChI=1S/C27H22ClN3O5S/c1-2-35-25(32)16-29-27-26(30-24-13-11-21(28)17-31(24)27)20-8-5-9-22(14-20)36-37(33,34)23-12-10-18-6-3-4-7-19(18)15-23/h3-15,17,29H,2,16H2,1H3. The highest BCUT2D eigenvalue weighted by Crippen LogP contribution is 2.32. The molecule has 0 bridgehead atoms. The minimum absolute atomic E-state index is 0.0516. The zero-order chi connectivity index (χ0) is 26.0. The number of imidazole rings is 1. The van der Waals surface area contributed by atoms with Gasteiger partial charge in [0.05, 0.1) is 11.6 Å². The molecule has 8 nitrogen and oxygen atoms in total. The van der Waals surface area contributed by atoms with Gasteiger partial charge in [-0.2, -0.15) is 8.42 Å². The summed E-state index contributed by atoms with van der Waals surface area (Å²) in [6, 6.07) is 22.4. The fraction of sp³-hybridized carbons (Fsp3) is 0.111. The van der Waals surface area contributed by atoms with Gasteiger partial charge in [-0.05, 0) is 54.1 Å². The van der Waals surface area contributed by atoms with E-state index in [1.807, 2.05) is 24.3 Å². The third-order valence-corrected chi connectivity index (χ3v) is 7.08. The largest absolute Gasteiger partial charge is 0.465 e. The Bertz CT molecular complexity index is 1730. The van der Waals surface area contributed by atoms with Crippen LogP contribution >= 0.6 is 11.6 Å². The van der Waals surface area contributed by atoms with Gasteiger partial charge in [0.2, 0.25) is 0 Å². The van der Waals surface area contributed by atoms with Gasteiger partial charge in [0.25, 0.3) is 0 Å². The van der Waals surface area contributed by atoms with Crippen LogP contribution in [-0.4, -0.2) is 36.9 Å². The van der Waals surface area contributed by atoms with Crippen LogP contribution in [0.2, 0.25) is 5.02 Å². The summed E-state index contributed by atoms with van der Waals surface area (Å²) < 4.78 is 38.3. The molecule has 0 saturated heterocycles. The number of ether oxygens (including phenoxy) is 1. The molecule has 10 heteroatoms. The topological polar surface area (TPSA) is 99.0 Å². The van der Waals surface area contributed by atoms with Crippen LogP contribution in [0.4, 0.5) is 5.82 Å². The fourth-order valence-electron chi connectivity index (χ4n) is 3.95. The molecule has 0 atom stereocenters. The number of benzene rings is 3. The van der Waals surface area contributed by atoms with Crippen molar-refractivity contribution >= 4 is 49.9 Å². The van der Waals surface area contributed by atoms with Gasteiger partial charge < -0.3 is 14.2 Å². The van der Waals surface area contributed by atoms with Gasteiger partial charge in [-0.1, -0.05) is 54.1 Å². The summed E-state index contributed by atoms with van der Waals surface area (Å²) in [6.45, 7) is 1.90. The zero-order valence-electron chi connectivity index (χ0n) is 19.7. The van der Waals surface area contributed by atoms with Crippen LogP contribution in [0.5, 0.6) is 5.75 Å². The molecule has 0 spiro atoms. The molecule has 0 fully saturated rings. The number of fused-ring (bicyclic) bond motifs is 2. The quantitative estimate of drug-likeness (QED) is 0.205. The lowest BCUT2D eigenvalue weighted by atomic mass is 10.1. The summed E-state index contributed by atoms with van der Waals surface area (Å²) in [6.07, 6.45) is 1.67. The molecule has 2 heterocycles. The van der Waals surface area contributed by atoms with Crippen LogP contribution in [-0.2, 0) is 19.6 Å². The number of pyridine rings is 1. The van der Waals surface area contributed by atoms with Crippen LogP contribution in [0.1, 0.15) is 6.92 Å². The molecule has 0 unspecified atom stereocenters. The van der Waals surface area contributed by atoms with Gasteiger partial charge in [0.1, 0.15) is 34.3 Å². The molecule has 0 aliphatic rings. The second kappa shape index (κ2) is 10.1. The van der Waals surface area contributed by atoms with E-state index in [-0.39, 0.29) is 23.8 Å². The summed E-state index contributed by atoms with van der Waals surface area (Å²) in [5.41, 5.74) is 1.65. The molecule has 0 amide bonds. The first-order valence-corrected chi connectivity index (χ1v) is 13.2. The highest BCUT2D eigenvalue weighted by atomic mass is 35.5. The molecular weight excluding hydrogens is 514 g/mol. The number of halogens is 1. The fourth-order valence-corrected chi connectivity index (χ4v) is 5.07. The number of esters is 1. The first-order chi connectivity index (χ1) is 17.8. The maximum absolute atomic E-state index is 13.1. The number of carbonyl (C=O) groups excluding carboxylic acids is 1. The van der Waals surface area contributed by atoms with Crippen molar-refractivity contribution in [1.29, 1.82) is 0 Å². The molecular formula is C27H22ClN3O5S. The van der Waals surface area contributed by atoms with E-state index in [1.54, 1.807) is 66.1 Å². The SMILES string of the molecule is CCOC(=O)CNc1c(-c2cccc(OS(=O)(=O)c3ccc4ccccc4c3)c2)nc2ccc(Cl)cn12. The van der Waals surface area contributed by atoms with Crippen molar-refractivity contribution in [2.45, 2.75) is 11.8 Å². The van der Waals surface area contributed by atoms with Crippen LogP contribution in [0.25, 0.3) is 27.7 Å². The Morgan fingerprint density at radius 2 is 1.81 bits per heavy atom. The smallest absolute Gasteiger partial charge is 0.339 e. The Kier molecular flexibility index (Phi) is 6.73. The molecule has 188 valence electrons. The van der Waals surface area contributed by atoms with Crippen molar-refractivity contribution in [3.05, 3.63) is 90.1 Å². The van der Waals surface area contributed by atoms with Crippen molar-refractivity contribution < 1.29 is 22.1 Å². The first kappa shape index (κ1) is 24.6. The Hall–Kier alpha value is -4.08. The van der Waals surface area contributed by atoms with Crippen LogP contribution in [0.15, 0.2) is 90.0 Å². The minimum atomic E-state index is -4.09. The molecule has 5 rings (SSSR count). The number of hydrogen-bond acceptors (Lipinski definition) is 7. The lowest BCUT2D eigenvalue weighted by Crippen LogP contribution is -2.17. The number of aromatic nitrogens is 2. The first-order valence-electron chi connectivity index (χ1n) is 11.4. The van der Waals surface area contributed by atoms with E-state index < -0.39 is 16.1 Å². The van der Waals surface area contributed by atoms with Crippen molar-refractivity contribution in [3.8, 4) is 17.0 Å². The van der Waals surface area contributed by atoms with Gasteiger partial charge in [0, 0.05) is 11.8 Å². The number of nitrogens with one attached hydrogen (secondary N) is 1. The van der Waals surface area contributed by atoms with Gasteiger partial charge >= 0.3 is 16.1 Å². The van der Waals surface area contributed by atoms with Gasteiger partial charge in [0.15, 0.2) is 0 Å². The summed E-state index contributed by atoms with van der Waals surface area (Å²) in [5, 5.41) is 5.27. The van der Waals surface area contributed by atoms with Crippen LogP contribution < -0.4 is 9.50 Å². The van der Waals surface area contributed by atoms with Gasteiger partial charge in [-0.3, -0.25) is 9.20 Å². The maximum atomic E-state index is 13.1. The maximum Gasteiger partial charge on any atom is 0.339 e. The number of anilines is 1. The Morgan fingerprint density at radius 1 is 1.00 bits per heavy atom. The number of rotatable bonds is 8. The molecule has 5 aromatic rings. The number of nitrogens with zero attached hydrogens (tertiary/aromatic N) is 2. The van der Waals surface area contributed by atoms with Gasteiger partial charge in [-0.15, -0.1) is 0 Å². The predicted octanol–water partition coefficient (Wildman–Crippen LogP) is 5.55. The predicted molar refractivity (Wildman–Crippen MR) is 143 cm³/mol. The van der Waals surface area contributed by atoms with E-state index in [2.05, 4.69) is 10.3 Å². The van der Waals surface area contributed by atoms with Crippen LogP contribution in [0.3, 0.4) is 0 Å². The number of carbonyl (C=O) groups is 1.